The normalized spacial score (nSPS) is 12.9. The Morgan fingerprint density at radius 2 is 1.76 bits per heavy atom. The average Bonchev–Trinajstić information content (AvgIpc) is 2.27. The third-order valence-electron chi connectivity index (χ3n) is 2.73. The maximum atomic E-state index is 12.3. The number of hydrogen-bond donors (Lipinski definition) is 0. The number of benzene rings is 1. The molecule has 2 rings (SSSR count). The largest absolute Gasteiger partial charge is 0.264 e. The van der Waals surface area contributed by atoms with E-state index >= 15 is 0 Å². The molecule has 0 aliphatic heterocycles. The van der Waals surface area contributed by atoms with E-state index in [0.29, 0.717) is 4.90 Å². The summed E-state index contributed by atoms with van der Waals surface area (Å²) in [7, 11) is -3.30. The molecule has 17 heavy (non-hydrogen) atoms. The fourth-order valence-electron chi connectivity index (χ4n) is 1.58. The van der Waals surface area contributed by atoms with Crippen LogP contribution in [-0.2, 0) is 9.84 Å². The Labute approximate surface area is 101 Å². The van der Waals surface area contributed by atoms with Gasteiger partial charge in [0.25, 0.3) is 0 Å². The lowest BCUT2D eigenvalue weighted by Crippen LogP contribution is -2.27. The first-order valence-corrected chi connectivity index (χ1v) is 6.89. The van der Waals surface area contributed by atoms with Crippen molar-refractivity contribution in [1.82, 2.24) is 4.98 Å². The molecule has 0 unspecified atom stereocenters. The van der Waals surface area contributed by atoms with Crippen LogP contribution in [0.1, 0.15) is 20.8 Å². The summed E-state index contributed by atoms with van der Waals surface area (Å²) in [4.78, 5) is 4.36. The summed E-state index contributed by atoms with van der Waals surface area (Å²) in [5.74, 6) is 0. The molecule has 2 aromatic rings. The van der Waals surface area contributed by atoms with Crippen LogP contribution in [0.15, 0.2) is 41.6 Å². The fraction of sp³-hybridized carbons (Fsp3) is 0.308. The maximum absolute atomic E-state index is 12.3. The highest BCUT2D eigenvalue weighted by atomic mass is 32.2. The third kappa shape index (κ3) is 2.05. The molecule has 0 aliphatic rings. The second-order valence-corrected chi connectivity index (χ2v) is 7.70. The first kappa shape index (κ1) is 12.0. The van der Waals surface area contributed by atoms with Gasteiger partial charge in [0.05, 0.1) is 9.64 Å². The molecule has 4 heteroatoms. The number of nitrogens with zero attached hydrogens (tertiary/aromatic N) is 1. The highest BCUT2D eigenvalue weighted by Gasteiger charge is 2.30. The smallest absolute Gasteiger partial charge is 0.183 e. The zero-order valence-electron chi connectivity index (χ0n) is 10.1. The van der Waals surface area contributed by atoms with Gasteiger partial charge in [-0.3, -0.25) is 4.98 Å². The van der Waals surface area contributed by atoms with Gasteiger partial charge >= 0.3 is 0 Å². The monoisotopic (exact) mass is 249 g/mol. The zero-order chi connectivity index (χ0) is 12.7. The number of rotatable bonds is 1. The Morgan fingerprint density at radius 3 is 2.41 bits per heavy atom. The van der Waals surface area contributed by atoms with E-state index in [4.69, 9.17) is 0 Å². The molecular weight excluding hydrogens is 234 g/mol. The van der Waals surface area contributed by atoms with Crippen molar-refractivity contribution in [2.75, 3.05) is 0 Å². The predicted molar refractivity (Wildman–Crippen MR) is 68.7 cm³/mol. The number of pyridine rings is 1. The lowest BCUT2D eigenvalue weighted by Gasteiger charge is -2.19. The summed E-state index contributed by atoms with van der Waals surface area (Å²) in [5.41, 5.74) is 0. The standard InChI is InChI=1S/C13H15NO2S/c1-13(2,3)17(15,16)12-5-4-10-6-7-14-9-11(10)8-12/h4-9H,1-3H3. The van der Waals surface area contributed by atoms with Crippen molar-refractivity contribution in [3.8, 4) is 0 Å². The Balaban J connectivity index is 2.66. The summed E-state index contributed by atoms with van der Waals surface area (Å²) in [6.07, 6.45) is 3.37. The first-order valence-electron chi connectivity index (χ1n) is 5.41. The quantitative estimate of drug-likeness (QED) is 0.780. The second-order valence-electron chi connectivity index (χ2n) is 5.00. The molecule has 1 aromatic heterocycles. The van der Waals surface area contributed by atoms with Crippen molar-refractivity contribution >= 4 is 20.6 Å². The number of sulfone groups is 1. The van der Waals surface area contributed by atoms with Crippen LogP contribution in [-0.4, -0.2) is 18.1 Å². The number of fused-ring (bicyclic) bond motifs is 1. The summed E-state index contributed by atoms with van der Waals surface area (Å²) in [5, 5.41) is 1.84. The van der Waals surface area contributed by atoms with Gasteiger partial charge < -0.3 is 0 Å². The molecule has 0 fully saturated rings. The van der Waals surface area contributed by atoms with Crippen LogP contribution in [0, 0.1) is 0 Å². The molecule has 0 aliphatic carbocycles. The van der Waals surface area contributed by atoms with Crippen LogP contribution in [0.3, 0.4) is 0 Å². The topological polar surface area (TPSA) is 47.0 Å². The van der Waals surface area contributed by atoms with Crippen molar-refractivity contribution in [2.45, 2.75) is 30.4 Å². The van der Waals surface area contributed by atoms with Gasteiger partial charge in [0, 0.05) is 17.8 Å². The van der Waals surface area contributed by atoms with Crippen molar-refractivity contribution < 1.29 is 8.42 Å². The average molecular weight is 249 g/mol. The van der Waals surface area contributed by atoms with Crippen LogP contribution in [0.25, 0.3) is 10.8 Å². The zero-order valence-corrected chi connectivity index (χ0v) is 11.0. The highest BCUT2D eigenvalue weighted by Crippen LogP contribution is 2.27. The molecule has 0 N–H and O–H groups in total. The first-order chi connectivity index (χ1) is 7.82. The van der Waals surface area contributed by atoms with Crippen molar-refractivity contribution in [3.05, 3.63) is 36.7 Å². The van der Waals surface area contributed by atoms with Gasteiger partial charge in [-0.2, -0.15) is 0 Å². The van der Waals surface area contributed by atoms with Crippen LogP contribution >= 0.6 is 0 Å². The Morgan fingerprint density at radius 1 is 1.06 bits per heavy atom. The molecular formula is C13H15NO2S. The lowest BCUT2D eigenvalue weighted by atomic mass is 10.2. The molecule has 3 nitrogen and oxygen atoms in total. The molecule has 0 atom stereocenters. The van der Waals surface area contributed by atoms with Crippen molar-refractivity contribution in [1.29, 1.82) is 0 Å². The van der Waals surface area contributed by atoms with E-state index in [2.05, 4.69) is 4.98 Å². The molecule has 0 bridgehead atoms. The van der Waals surface area contributed by atoms with Gasteiger partial charge in [0.1, 0.15) is 0 Å². The summed E-state index contributed by atoms with van der Waals surface area (Å²) >= 11 is 0. The summed E-state index contributed by atoms with van der Waals surface area (Å²) in [6.45, 7) is 5.11. The van der Waals surface area contributed by atoms with E-state index < -0.39 is 14.6 Å². The van der Waals surface area contributed by atoms with Gasteiger partial charge in [0.15, 0.2) is 9.84 Å². The maximum Gasteiger partial charge on any atom is 0.183 e. The molecule has 0 radical (unpaired) electrons. The van der Waals surface area contributed by atoms with Crippen molar-refractivity contribution in [3.63, 3.8) is 0 Å². The van der Waals surface area contributed by atoms with E-state index in [1.165, 1.54) is 0 Å². The van der Waals surface area contributed by atoms with E-state index in [9.17, 15) is 8.42 Å². The number of hydrogen-bond acceptors (Lipinski definition) is 3. The Hall–Kier alpha value is -1.42. The molecule has 1 aromatic carbocycles. The SMILES string of the molecule is CC(C)(C)S(=O)(=O)c1ccc2ccncc2c1. The molecule has 0 saturated heterocycles. The summed E-state index contributed by atoms with van der Waals surface area (Å²) < 4.78 is 23.8. The van der Waals surface area contributed by atoms with Crippen LogP contribution < -0.4 is 0 Å². The van der Waals surface area contributed by atoms with Gasteiger partial charge in [-0.1, -0.05) is 6.07 Å². The van der Waals surface area contributed by atoms with Crippen LogP contribution in [0.4, 0.5) is 0 Å². The van der Waals surface area contributed by atoms with Gasteiger partial charge in [-0.15, -0.1) is 0 Å². The minimum Gasteiger partial charge on any atom is -0.264 e. The molecule has 0 spiro atoms. The Kier molecular flexibility index (Phi) is 2.70. The molecule has 1 heterocycles. The summed E-state index contributed by atoms with van der Waals surface area (Å²) in [6, 6.07) is 7.02. The lowest BCUT2D eigenvalue weighted by molar-refractivity contribution is 0.560. The van der Waals surface area contributed by atoms with Crippen molar-refractivity contribution in [2.24, 2.45) is 0 Å². The van der Waals surface area contributed by atoms with E-state index in [0.717, 1.165) is 10.8 Å². The van der Waals surface area contributed by atoms with Gasteiger partial charge in [-0.05, 0) is 44.4 Å². The van der Waals surface area contributed by atoms with E-state index in [1.54, 1.807) is 45.3 Å². The van der Waals surface area contributed by atoms with Gasteiger partial charge in [0.2, 0.25) is 0 Å². The molecule has 0 amide bonds. The fourth-order valence-corrected chi connectivity index (χ4v) is 2.82. The second kappa shape index (κ2) is 3.81. The Bertz CT molecular complexity index is 654. The molecule has 0 saturated carbocycles. The highest BCUT2D eigenvalue weighted by molar-refractivity contribution is 7.92. The number of aromatic nitrogens is 1. The third-order valence-corrected chi connectivity index (χ3v) is 5.22. The van der Waals surface area contributed by atoms with Gasteiger partial charge in [-0.25, -0.2) is 8.42 Å². The van der Waals surface area contributed by atoms with E-state index in [-0.39, 0.29) is 0 Å². The predicted octanol–water partition coefficient (Wildman–Crippen LogP) is 2.81. The van der Waals surface area contributed by atoms with Crippen LogP contribution in [0.2, 0.25) is 0 Å². The minimum absolute atomic E-state index is 0.352. The van der Waals surface area contributed by atoms with E-state index in [1.807, 2.05) is 12.1 Å². The molecule has 90 valence electrons. The van der Waals surface area contributed by atoms with Crippen LogP contribution in [0.5, 0.6) is 0 Å². The minimum atomic E-state index is -3.30.